The van der Waals surface area contributed by atoms with E-state index in [0.29, 0.717) is 5.76 Å². The number of aryl methyl sites for hydroxylation is 1. The summed E-state index contributed by atoms with van der Waals surface area (Å²) in [6.07, 6.45) is 0. The Hall–Kier alpha value is -1.45. The van der Waals surface area contributed by atoms with Gasteiger partial charge >= 0.3 is 5.97 Å². The van der Waals surface area contributed by atoms with Crippen LogP contribution in [0.4, 0.5) is 0 Å². The van der Waals surface area contributed by atoms with Gasteiger partial charge in [-0.05, 0) is 13.0 Å². The van der Waals surface area contributed by atoms with Crippen LogP contribution in [0.2, 0.25) is 0 Å². The highest BCUT2D eigenvalue weighted by molar-refractivity contribution is 5.68. The molecule has 0 spiro atoms. The number of furan rings is 1. The van der Waals surface area contributed by atoms with E-state index >= 15 is 0 Å². The highest BCUT2D eigenvalue weighted by atomic mass is 16.6. The number of hydrogen-bond donors (Lipinski definition) is 1. The maximum atomic E-state index is 10.0. The Morgan fingerprint density at radius 1 is 1.73 bits per heavy atom. The summed E-state index contributed by atoms with van der Waals surface area (Å²) in [4.78, 5) is 10.0. The van der Waals surface area contributed by atoms with Crippen molar-refractivity contribution in [3.8, 4) is 5.95 Å². The fourth-order valence-corrected chi connectivity index (χ4v) is 0.623. The number of rotatable bonds is 3. The predicted molar refractivity (Wildman–Crippen MR) is 36.6 cm³/mol. The van der Waals surface area contributed by atoms with Gasteiger partial charge < -0.3 is 14.3 Å². The van der Waals surface area contributed by atoms with E-state index in [4.69, 9.17) is 14.3 Å². The van der Waals surface area contributed by atoms with Crippen molar-refractivity contribution in [2.75, 3.05) is 6.61 Å². The minimum absolute atomic E-state index is 0.241. The molecule has 0 aromatic carbocycles. The van der Waals surface area contributed by atoms with Crippen LogP contribution in [0.25, 0.3) is 0 Å². The summed E-state index contributed by atoms with van der Waals surface area (Å²) < 4.78 is 9.67. The molecule has 1 N–H and O–H groups in total. The summed E-state index contributed by atoms with van der Waals surface area (Å²) >= 11 is 0. The average molecular weight is 156 g/mol. The van der Waals surface area contributed by atoms with Crippen LogP contribution in [-0.4, -0.2) is 17.7 Å². The molecule has 0 radical (unpaired) electrons. The number of aliphatic carboxylic acids is 1. The van der Waals surface area contributed by atoms with Gasteiger partial charge in [0, 0.05) is 6.07 Å². The van der Waals surface area contributed by atoms with Gasteiger partial charge in [0.1, 0.15) is 5.76 Å². The molecule has 11 heavy (non-hydrogen) atoms. The molecule has 0 atom stereocenters. The van der Waals surface area contributed by atoms with Crippen LogP contribution in [0.1, 0.15) is 5.76 Å². The fraction of sp³-hybridized carbons (Fsp3) is 0.286. The molecule has 1 aromatic heterocycles. The summed E-state index contributed by atoms with van der Waals surface area (Å²) in [5, 5.41) is 8.21. The third-order valence-electron chi connectivity index (χ3n) is 1.05. The van der Waals surface area contributed by atoms with Crippen LogP contribution < -0.4 is 4.74 Å². The van der Waals surface area contributed by atoms with Gasteiger partial charge in [-0.15, -0.1) is 0 Å². The van der Waals surface area contributed by atoms with Crippen molar-refractivity contribution in [3.05, 3.63) is 17.9 Å². The zero-order valence-electron chi connectivity index (χ0n) is 6.03. The number of carboxylic acid groups (broad SMARTS) is 1. The lowest BCUT2D eigenvalue weighted by molar-refractivity contribution is -0.139. The summed E-state index contributed by atoms with van der Waals surface area (Å²) in [6, 6.07) is 3.29. The van der Waals surface area contributed by atoms with E-state index in [9.17, 15) is 4.79 Å². The number of carboxylic acids is 1. The van der Waals surface area contributed by atoms with Crippen molar-refractivity contribution in [3.63, 3.8) is 0 Å². The zero-order chi connectivity index (χ0) is 8.27. The van der Waals surface area contributed by atoms with Gasteiger partial charge in [0.05, 0.1) is 0 Å². The Kier molecular flexibility index (Phi) is 2.15. The fourth-order valence-electron chi connectivity index (χ4n) is 0.623. The smallest absolute Gasteiger partial charge is 0.341 e. The molecule has 4 heteroatoms. The average Bonchev–Trinajstić information content (AvgIpc) is 2.31. The molecule has 0 unspecified atom stereocenters. The quantitative estimate of drug-likeness (QED) is 0.710. The molecule has 0 amide bonds. The first-order chi connectivity index (χ1) is 5.18. The Bertz CT molecular complexity index is 251. The molecule has 0 aliphatic heterocycles. The first kappa shape index (κ1) is 7.65. The van der Waals surface area contributed by atoms with Crippen molar-refractivity contribution in [1.29, 1.82) is 0 Å². The van der Waals surface area contributed by atoms with Crippen LogP contribution >= 0.6 is 0 Å². The van der Waals surface area contributed by atoms with Crippen molar-refractivity contribution in [2.24, 2.45) is 0 Å². The van der Waals surface area contributed by atoms with Gasteiger partial charge in [-0.25, -0.2) is 4.79 Å². The Morgan fingerprint density at radius 2 is 2.45 bits per heavy atom. The zero-order valence-corrected chi connectivity index (χ0v) is 6.03. The molecule has 1 heterocycles. The Labute approximate surface area is 63.4 Å². The molecule has 0 bridgehead atoms. The Balaban J connectivity index is 2.45. The van der Waals surface area contributed by atoms with Gasteiger partial charge in [-0.1, -0.05) is 0 Å². The second kappa shape index (κ2) is 3.09. The number of hydrogen-bond acceptors (Lipinski definition) is 3. The summed E-state index contributed by atoms with van der Waals surface area (Å²) in [7, 11) is 0. The number of ether oxygens (including phenoxy) is 1. The molecular weight excluding hydrogens is 148 g/mol. The van der Waals surface area contributed by atoms with Gasteiger partial charge in [-0.2, -0.15) is 0 Å². The molecule has 1 aromatic rings. The minimum Gasteiger partial charge on any atom is -0.479 e. The molecule has 60 valence electrons. The van der Waals surface area contributed by atoms with Gasteiger partial charge in [0.2, 0.25) is 0 Å². The molecule has 0 aliphatic carbocycles. The Morgan fingerprint density at radius 3 is 2.91 bits per heavy atom. The molecular formula is C7H8O4. The van der Waals surface area contributed by atoms with Crippen molar-refractivity contribution in [2.45, 2.75) is 6.92 Å². The maximum absolute atomic E-state index is 10.0. The second-order valence-corrected chi connectivity index (χ2v) is 2.05. The maximum Gasteiger partial charge on any atom is 0.341 e. The van der Waals surface area contributed by atoms with Crippen LogP contribution in [0.3, 0.4) is 0 Å². The number of carbonyl (C=O) groups is 1. The minimum atomic E-state index is -1.01. The van der Waals surface area contributed by atoms with Crippen molar-refractivity contribution in [1.82, 2.24) is 0 Å². The van der Waals surface area contributed by atoms with E-state index in [2.05, 4.69) is 0 Å². The van der Waals surface area contributed by atoms with E-state index in [0.717, 1.165) is 0 Å². The highest BCUT2D eigenvalue weighted by Gasteiger charge is 2.01. The van der Waals surface area contributed by atoms with E-state index in [1.165, 1.54) is 0 Å². The summed E-state index contributed by atoms with van der Waals surface area (Å²) in [6.45, 7) is 1.39. The lowest BCUT2D eigenvalue weighted by Gasteiger charge is -1.95. The van der Waals surface area contributed by atoms with Crippen LogP contribution in [-0.2, 0) is 4.79 Å². The summed E-state index contributed by atoms with van der Waals surface area (Å²) in [5.41, 5.74) is 0. The normalized spacial score (nSPS) is 9.55. The molecule has 1 rings (SSSR count). The molecule has 0 saturated heterocycles. The third-order valence-corrected chi connectivity index (χ3v) is 1.05. The monoisotopic (exact) mass is 156 g/mol. The summed E-state index contributed by atoms with van der Waals surface area (Å²) in [5.74, 6) is -0.0747. The van der Waals surface area contributed by atoms with Crippen molar-refractivity contribution < 1.29 is 19.1 Å². The van der Waals surface area contributed by atoms with Gasteiger partial charge in [-0.3, -0.25) is 0 Å². The van der Waals surface area contributed by atoms with E-state index in [1.807, 2.05) is 0 Å². The third kappa shape index (κ3) is 2.33. The van der Waals surface area contributed by atoms with E-state index in [-0.39, 0.29) is 12.6 Å². The van der Waals surface area contributed by atoms with Crippen LogP contribution in [0, 0.1) is 6.92 Å². The lowest BCUT2D eigenvalue weighted by atomic mass is 10.5. The van der Waals surface area contributed by atoms with E-state index < -0.39 is 5.97 Å². The topological polar surface area (TPSA) is 59.7 Å². The lowest BCUT2D eigenvalue weighted by Crippen LogP contribution is -2.08. The van der Waals surface area contributed by atoms with Gasteiger partial charge in [0.25, 0.3) is 5.95 Å². The highest BCUT2D eigenvalue weighted by Crippen LogP contribution is 2.13. The van der Waals surface area contributed by atoms with Crippen LogP contribution in [0.15, 0.2) is 16.5 Å². The van der Waals surface area contributed by atoms with Gasteiger partial charge in [0.15, 0.2) is 6.61 Å². The molecule has 0 fully saturated rings. The second-order valence-electron chi connectivity index (χ2n) is 2.05. The van der Waals surface area contributed by atoms with Crippen LogP contribution in [0.5, 0.6) is 5.95 Å². The SMILES string of the molecule is Cc1ccc(OCC(=O)O)o1. The first-order valence-corrected chi connectivity index (χ1v) is 3.09. The standard InChI is InChI=1S/C7H8O4/c1-5-2-3-7(11-5)10-4-6(8)9/h2-3H,4H2,1H3,(H,8,9). The molecule has 4 nitrogen and oxygen atoms in total. The molecule has 0 saturated carbocycles. The largest absolute Gasteiger partial charge is 0.479 e. The molecule has 0 aliphatic rings. The first-order valence-electron chi connectivity index (χ1n) is 3.09. The van der Waals surface area contributed by atoms with E-state index in [1.54, 1.807) is 19.1 Å². The van der Waals surface area contributed by atoms with Crippen molar-refractivity contribution >= 4 is 5.97 Å². The predicted octanol–water partition coefficient (Wildman–Crippen LogP) is 1.05.